The van der Waals surface area contributed by atoms with Crippen LogP contribution in [0, 0.1) is 0 Å². The van der Waals surface area contributed by atoms with Gasteiger partial charge in [-0.25, -0.2) is 9.59 Å². The van der Waals surface area contributed by atoms with E-state index in [0.717, 1.165) is 36.3 Å². The maximum atomic E-state index is 13.0. The van der Waals surface area contributed by atoms with Gasteiger partial charge in [-0.2, -0.15) is 18.3 Å². The second-order valence-corrected chi connectivity index (χ2v) is 8.14. The fourth-order valence-electron chi connectivity index (χ4n) is 4.22. The number of fused-ring (bicyclic) bond motifs is 2. The molecule has 3 heterocycles. The Labute approximate surface area is 199 Å². The number of carboxylic acid groups (broad SMARTS) is 1. The number of ether oxygens (including phenoxy) is 1. The highest BCUT2D eigenvalue weighted by molar-refractivity contribution is 5.90. The van der Waals surface area contributed by atoms with Crippen molar-refractivity contribution in [2.24, 2.45) is 7.05 Å². The molecule has 0 saturated carbocycles. The van der Waals surface area contributed by atoms with Crippen molar-refractivity contribution in [3.63, 3.8) is 0 Å². The van der Waals surface area contributed by atoms with E-state index in [1.165, 1.54) is 11.1 Å². The van der Waals surface area contributed by atoms with E-state index in [0.29, 0.717) is 38.2 Å². The number of aromatic nitrogens is 2. The van der Waals surface area contributed by atoms with Crippen molar-refractivity contribution < 1.29 is 37.4 Å². The van der Waals surface area contributed by atoms with Crippen LogP contribution in [0.3, 0.4) is 0 Å². The summed E-state index contributed by atoms with van der Waals surface area (Å²) in [6, 6.07) is 6.22. The standard InChI is InChI=1S/C21H26N4O3.C2HF3O2/c1-3-28-21(27)20-17-13-25(10-8-18(17)23-24(20)2)19(26)11-14-5-4-6-15-12-22-9-7-16(14)15;3-2(4,5)1(6)7/h4-6,22H,3,7-13H2,1-2H3;(H,6,7). The molecule has 2 aliphatic rings. The summed E-state index contributed by atoms with van der Waals surface area (Å²) in [4.78, 5) is 36.1. The molecular formula is C23H27F3N4O5. The Morgan fingerprint density at radius 1 is 1.20 bits per heavy atom. The fourth-order valence-corrected chi connectivity index (χ4v) is 4.22. The summed E-state index contributed by atoms with van der Waals surface area (Å²) >= 11 is 0. The third-order valence-electron chi connectivity index (χ3n) is 5.84. The number of carbonyl (C=O) groups is 3. The number of carboxylic acids is 1. The SMILES string of the molecule is CCOC(=O)c1c2c(nn1C)CCN(C(=O)Cc1cccc3c1CCNC3)C2.O=C(O)C(F)(F)F. The average molecular weight is 496 g/mol. The number of nitrogens with zero attached hydrogens (tertiary/aromatic N) is 3. The van der Waals surface area contributed by atoms with Crippen LogP contribution in [0.1, 0.15) is 45.4 Å². The largest absolute Gasteiger partial charge is 0.490 e. The molecule has 0 radical (unpaired) electrons. The molecule has 2 aliphatic heterocycles. The Kier molecular flexibility index (Phi) is 8.15. The van der Waals surface area contributed by atoms with E-state index in [2.05, 4.69) is 22.5 Å². The maximum absolute atomic E-state index is 13.0. The first-order valence-electron chi connectivity index (χ1n) is 11.1. The molecule has 0 atom stereocenters. The second kappa shape index (κ2) is 10.9. The van der Waals surface area contributed by atoms with E-state index in [9.17, 15) is 22.8 Å². The lowest BCUT2D eigenvalue weighted by molar-refractivity contribution is -0.192. The Morgan fingerprint density at radius 3 is 2.57 bits per heavy atom. The molecule has 1 amide bonds. The Hall–Kier alpha value is -3.41. The summed E-state index contributed by atoms with van der Waals surface area (Å²) in [6.07, 6.45) is -3.07. The van der Waals surface area contributed by atoms with Crippen LogP contribution in [0.2, 0.25) is 0 Å². The van der Waals surface area contributed by atoms with Gasteiger partial charge in [0.2, 0.25) is 5.91 Å². The molecule has 9 nitrogen and oxygen atoms in total. The highest BCUT2D eigenvalue weighted by atomic mass is 19.4. The predicted molar refractivity (Wildman–Crippen MR) is 118 cm³/mol. The molecule has 0 aliphatic carbocycles. The topological polar surface area (TPSA) is 114 Å². The quantitative estimate of drug-likeness (QED) is 0.623. The van der Waals surface area contributed by atoms with E-state index in [1.54, 1.807) is 18.7 Å². The first-order chi connectivity index (χ1) is 16.5. The van der Waals surface area contributed by atoms with Crippen LogP contribution in [0.5, 0.6) is 0 Å². The summed E-state index contributed by atoms with van der Waals surface area (Å²) in [6.45, 7) is 4.95. The number of hydrogen-bond donors (Lipinski definition) is 2. The molecule has 0 unspecified atom stereocenters. The zero-order chi connectivity index (χ0) is 25.8. The van der Waals surface area contributed by atoms with Crippen LogP contribution < -0.4 is 5.32 Å². The van der Waals surface area contributed by atoms with Gasteiger partial charge in [0, 0.05) is 38.7 Å². The van der Waals surface area contributed by atoms with Gasteiger partial charge >= 0.3 is 18.1 Å². The summed E-state index contributed by atoms with van der Waals surface area (Å²) in [5, 5.41) is 15.0. The number of benzene rings is 1. The number of aryl methyl sites for hydroxylation is 1. The van der Waals surface area contributed by atoms with E-state index < -0.39 is 12.1 Å². The van der Waals surface area contributed by atoms with Crippen LogP contribution in [-0.2, 0) is 53.7 Å². The molecule has 2 N–H and O–H groups in total. The van der Waals surface area contributed by atoms with Crippen molar-refractivity contribution in [1.29, 1.82) is 0 Å². The number of rotatable bonds is 4. The summed E-state index contributed by atoms with van der Waals surface area (Å²) < 4.78 is 38.5. The number of aliphatic carboxylic acids is 1. The van der Waals surface area contributed by atoms with Gasteiger partial charge in [-0.3, -0.25) is 9.48 Å². The molecule has 190 valence electrons. The molecule has 0 fully saturated rings. The molecule has 12 heteroatoms. The molecule has 4 rings (SSSR count). The van der Waals surface area contributed by atoms with E-state index >= 15 is 0 Å². The third kappa shape index (κ3) is 6.18. The summed E-state index contributed by atoms with van der Waals surface area (Å²) in [5.41, 5.74) is 5.87. The highest BCUT2D eigenvalue weighted by Crippen LogP contribution is 2.25. The van der Waals surface area contributed by atoms with Gasteiger partial charge in [-0.15, -0.1) is 0 Å². The van der Waals surface area contributed by atoms with E-state index in [-0.39, 0.29) is 11.9 Å². The van der Waals surface area contributed by atoms with Crippen molar-refractivity contribution in [2.75, 3.05) is 19.7 Å². The van der Waals surface area contributed by atoms with Crippen molar-refractivity contribution in [3.8, 4) is 0 Å². The first kappa shape index (κ1) is 26.2. The molecule has 0 spiro atoms. The lowest BCUT2D eigenvalue weighted by Gasteiger charge is -2.28. The molecule has 0 bridgehead atoms. The number of alkyl halides is 3. The van der Waals surface area contributed by atoms with Gasteiger partial charge in [0.25, 0.3) is 0 Å². The molecule has 1 aromatic heterocycles. The monoisotopic (exact) mass is 496 g/mol. The molecule has 0 saturated heterocycles. The molecule has 35 heavy (non-hydrogen) atoms. The Morgan fingerprint density at radius 2 is 1.91 bits per heavy atom. The summed E-state index contributed by atoms with van der Waals surface area (Å²) in [7, 11) is 1.75. The lowest BCUT2D eigenvalue weighted by atomic mass is 9.93. The Bertz CT molecular complexity index is 1110. The lowest BCUT2D eigenvalue weighted by Crippen LogP contribution is -2.37. The van der Waals surface area contributed by atoms with Crippen LogP contribution in [-0.4, -0.2) is 63.5 Å². The molecular weight excluding hydrogens is 469 g/mol. The molecule has 2 aromatic rings. The van der Waals surface area contributed by atoms with E-state index in [4.69, 9.17) is 14.6 Å². The fraction of sp³-hybridized carbons (Fsp3) is 0.478. The molecule has 1 aromatic carbocycles. The predicted octanol–water partition coefficient (Wildman–Crippen LogP) is 2.00. The minimum Gasteiger partial charge on any atom is -0.475 e. The smallest absolute Gasteiger partial charge is 0.475 e. The van der Waals surface area contributed by atoms with Crippen LogP contribution in [0.4, 0.5) is 13.2 Å². The zero-order valence-electron chi connectivity index (χ0n) is 19.4. The Balaban J connectivity index is 0.000000429. The normalized spacial score (nSPS) is 14.8. The number of carbonyl (C=O) groups excluding carboxylic acids is 2. The van der Waals surface area contributed by atoms with Crippen LogP contribution in [0.15, 0.2) is 18.2 Å². The number of esters is 1. The average Bonchev–Trinajstić information content (AvgIpc) is 3.14. The van der Waals surface area contributed by atoms with Crippen molar-refractivity contribution in [3.05, 3.63) is 51.8 Å². The number of amides is 1. The van der Waals surface area contributed by atoms with Crippen molar-refractivity contribution in [1.82, 2.24) is 20.0 Å². The summed E-state index contributed by atoms with van der Waals surface area (Å²) in [5.74, 6) is -3.04. The third-order valence-corrected chi connectivity index (χ3v) is 5.84. The minimum absolute atomic E-state index is 0.0937. The first-order valence-corrected chi connectivity index (χ1v) is 11.1. The minimum atomic E-state index is -5.08. The highest BCUT2D eigenvalue weighted by Gasteiger charge is 2.38. The van der Waals surface area contributed by atoms with Crippen LogP contribution >= 0.6 is 0 Å². The van der Waals surface area contributed by atoms with Crippen molar-refractivity contribution in [2.45, 2.75) is 45.5 Å². The van der Waals surface area contributed by atoms with Gasteiger partial charge < -0.3 is 20.1 Å². The van der Waals surface area contributed by atoms with E-state index in [1.807, 2.05) is 11.0 Å². The number of hydrogen-bond acceptors (Lipinski definition) is 6. The van der Waals surface area contributed by atoms with Gasteiger partial charge in [0.15, 0.2) is 5.69 Å². The van der Waals surface area contributed by atoms with Crippen LogP contribution in [0.25, 0.3) is 0 Å². The maximum Gasteiger partial charge on any atom is 0.490 e. The zero-order valence-corrected chi connectivity index (χ0v) is 19.4. The van der Waals surface area contributed by atoms with Gasteiger partial charge in [0.1, 0.15) is 0 Å². The van der Waals surface area contributed by atoms with Gasteiger partial charge in [-0.05, 0) is 36.6 Å². The second-order valence-electron chi connectivity index (χ2n) is 8.14. The van der Waals surface area contributed by atoms with Gasteiger partial charge in [-0.1, -0.05) is 18.2 Å². The number of nitrogens with one attached hydrogen (secondary N) is 1. The number of halogens is 3. The van der Waals surface area contributed by atoms with Gasteiger partial charge in [0.05, 0.1) is 18.7 Å². The van der Waals surface area contributed by atoms with Crippen molar-refractivity contribution >= 4 is 17.8 Å².